The van der Waals surface area contributed by atoms with E-state index in [0.29, 0.717) is 31.3 Å². The molecule has 0 atom stereocenters. The molecule has 6 nitrogen and oxygen atoms in total. The Morgan fingerprint density at radius 3 is 2.75 bits per heavy atom. The average molecular weight is 279 g/mol. The van der Waals surface area contributed by atoms with Crippen LogP contribution in [0.4, 0.5) is 5.95 Å². The van der Waals surface area contributed by atoms with Gasteiger partial charge in [-0.1, -0.05) is 19.8 Å². The summed E-state index contributed by atoms with van der Waals surface area (Å²) in [7, 11) is 0. The Labute approximate surface area is 118 Å². The minimum Gasteiger partial charge on any atom is -0.480 e. The van der Waals surface area contributed by atoms with E-state index in [1.807, 2.05) is 13.8 Å². The summed E-state index contributed by atoms with van der Waals surface area (Å²) in [4.78, 5) is 20.0. The van der Waals surface area contributed by atoms with Crippen molar-refractivity contribution in [2.75, 3.05) is 11.9 Å². The van der Waals surface area contributed by atoms with E-state index in [0.717, 1.165) is 25.0 Å². The molecule has 1 saturated carbocycles. The first kappa shape index (κ1) is 14.6. The van der Waals surface area contributed by atoms with Gasteiger partial charge in [0.1, 0.15) is 5.54 Å². The predicted octanol–water partition coefficient (Wildman–Crippen LogP) is 2.38. The SMILES string of the molecule is CCCOc1cc(C)nc(NC2(C(=O)O)CCCC2)n1. The molecule has 6 heteroatoms. The minimum atomic E-state index is -0.935. The summed E-state index contributed by atoms with van der Waals surface area (Å²) in [6.07, 6.45) is 3.91. The number of aliphatic carboxylic acids is 1. The molecule has 0 amide bonds. The molecule has 1 fully saturated rings. The van der Waals surface area contributed by atoms with E-state index >= 15 is 0 Å². The first-order valence-electron chi connectivity index (χ1n) is 7.06. The lowest BCUT2D eigenvalue weighted by Crippen LogP contribution is -2.44. The van der Waals surface area contributed by atoms with Crippen LogP contribution in [-0.4, -0.2) is 33.2 Å². The first-order valence-corrected chi connectivity index (χ1v) is 7.06. The van der Waals surface area contributed by atoms with Crippen LogP contribution >= 0.6 is 0 Å². The minimum absolute atomic E-state index is 0.334. The van der Waals surface area contributed by atoms with Gasteiger partial charge in [0, 0.05) is 11.8 Å². The number of ether oxygens (including phenoxy) is 1. The number of aromatic nitrogens is 2. The molecule has 0 aromatic carbocycles. The van der Waals surface area contributed by atoms with Crippen molar-refractivity contribution in [3.8, 4) is 5.88 Å². The third-order valence-corrected chi connectivity index (χ3v) is 3.50. The van der Waals surface area contributed by atoms with E-state index in [2.05, 4.69) is 15.3 Å². The van der Waals surface area contributed by atoms with Crippen LogP contribution in [0.3, 0.4) is 0 Å². The number of carboxylic acid groups (broad SMARTS) is 1. The van der Waals surface area contributed by atoms with Gasteiger partial charge in [0.2, 0.25) is 11.8 Å². The lowest BCUT2D eigenvalue weighted by molar-refractivity contribution is -0.142. The number of hydrogen-bond acceptors (Lipinski definition) is 5. The number of anilines is 1. The molecule has 110 valence electrons. The summed E-state index contributed by atoms with van der Waals surface area (Å²) in [5.74, 6) is -0.0167. The lowest BCUT2D eigenvalue weighted by atomic mass is 9.98. The fraction of sp³-hybridized carbons (Fsp3) is 0.643. The zero-order valence-electron chi connectivity index (χ0n) is 12.0. The Kier molecular flexibility index (Phi) is 4.42. The predicted molar refractivity (Wildman–Crippen MR) is 75.0 cm³/mol. The molecule has 20 heavy (non-hydrogen) atoms. The Bertz CT molecular complexity index is 485. The number of aryl methyl sites for hydroxylation is 1. The second kappa shape index (κ2) is 6.07. The molecule has 2 N–H and O–H groups in total. The molecular formula is C14H21N3O3. The molecule has 0 saturated heterocycles. The smallest absolute Gasteiger partial charge is 0.329 e. The second-order valence-electron chi connectivity index (χ2n) is 5.24. The highest BCUT2D eigenvalue weighted by Crippen LogP contribution is 2.33. The highest BCUT2D eigenvalue weighted by Gasteiger charge is 2.42. The number of nitrogens with one attached hydrogen (secondary N) is 1. The quantitative estimate of drug-likeness (QED) is 0.831. The first-order chi connectivity index (χ1) is 9.55. The van der Waals surface area contributed by atoms with Gasteiger partial charge in [0.25, 0.3) is 0 Å². The lowest BCUT2D eigenvalue weighted by Gasteiger charge is -2.25. The molecule has 1 aromatic rings. The van der Waals surface area contributed by atoms with Gasteiger partial charge >= 0.3 is 5.97 Å². The van der Waals surface area contributed by atoms with Gasteiger partial charge < -0.3 is 15.2 Å². The maximum Gasteiger partial charge on any atom is 0.329 e. The van der Waals surface area contributed by atoms with Crippen LogP contribution in [0.25, 0.3) is 0 Å². The third-order valence-electron chi connectivity index (χ3n) is 3.50. The zero-order valence-corrected chi connectivity index (χ0v) is 12.0. The van der Waals surface area contributed by atoms with Gasteiger partial charge in [-0.2, -0.15) is 4.98 Å². The summed E-state index contributed by atoms with van der Waals surface area (Å²) in [6, 6.07) is 1.75. The molecule has 0 unspecified atom stereocenters. The van der Waals surface area contributed by atoms with Crippen LogP contribution in [-0.2, 0) is 4.79 Å². The van der Waals surface area contributed by atoms with Crippen LogP contribution in [0.1, 0.15) is 44.7 Å². The normalized spacial score (nSPS) is 16.9. The highest BCUT2D eigenvalue weighted by molar-refractivity contribution is 5.82. The standard InChI is InChI=1S/C14H21N3O3/c1-3-8-20-11-9-10(2)15-13(16-11)17-14(12(18)19)6-4-5-7-14/h9H,3-8H2,1-2H3,(H,18,19)(H,15,16,17). The van der Waals surface area contributed by atoms with E-state index in [4.69, 9.17) is 4.74 Å². The van der Waals surface area contributed by atoms with Crippen LogP contribution < -0.4 is 10.1 Å². The van der Waals surface area contributed by atoms with Crippen LogP contribution in [0.15, 0.2) is 6.07 Å². The number of nitrogens with zero attached hydrogens (tertiary/aromatic N) is 2. The highest BCUT2D eigenvalue weighted by atomic mass is 16.5. The van der Waals surface area contributed by atoms with Gasteiger partial charge in [-0.25, -0.2) is 9.78 Å². The van der Waals surface area contributed by atoms with E-state index in [1.165, 1.54) is 0 Å². The summed E-state index contributed by atoms with van der Waals surface area (Å²) in [6.45, 7) is 4.44. The molecular weight excluding hydrogens is 258 g/mol. The average Bonchev–Trinajstić information content (AvgIpc) is 2.85. The topological polar surface area (TPSA) is 84.3 Å². The number of carbonyl (C=O) groups is 1. The largest absolute Gasteiger partial charge is 0.480 e. The summed E-state index contributed by atoms with van der Waals surface area (Å²) >= 11 is 0. The van der Waals surface area contributed by atoms with Crippen molar-refractivity contribution < 1.29 is 14.6 Å². The molecule has 1 heterocycles. The van der Waals surface area contributed by atoms with E-state index in [9.17, 15) is 9.90 Å². The van der Waals surface area contributed by atoms with Crippen molar-refractivity contribution in [1.82, 2.24) is 9.97 Å². The number of rotatable bonds is 6. The van der Waals surface area contributed by atoms with E-state index in [-0.39, 0.29) is 0 Å². The van der Waals surface area contributed by atoms with E-state index < -0.39 is 11.5 Å². The maximum atomic E-state index is 11.5. The number of hydrogen-bond donors (Lipinski definition) is 2. The molecule has 0 radical (unpaired) electrons. The Hall–Kier alpha value is -1.85. The Balaban J connectivity index is 2.19. The van der Waals surface area contributed by atoms with Crippen molar-refractivity contribution in [1.29, 1.82) is 0 Å². The molecule has 1 aliphatic carbocycles. The molecule has 2 rings (SSSR count). The maximum absolute atomic E-state index is 11.5. The fourth-order valence-corrected chi connectivity index (χ4v) is 2.46. The molecule has 0 aliphatic heterocycles. The Morgan fingerprint density at radius 2 is 2.15 bits per heavy atom. The van der Waals surface area contributed by atoms with Crippen LogP contribution in [0, 0.1) is 6.92 Å². The van der Waals surface area contributed by atoms with Crippen molar-refractivity contribution in [2.45, 2.75) is 51.5 Å². The molecule has 1 aromatic heterocycles. The molecule has 1 aliphatic rings. The summed E-state index contributed by atoms with van der Waals surface area (Å²) in [5.41, 5.74) is -0.178. The summed E-state index contributed by atoms with van der Waals surface area (Å²) < 4.78 is 5.50. The Morgan fingerprint density at radius 1 is 1.45 bits per heavy atom. The third kappa shape index (κ3) is 3.18. The van der Waals surface area contributed by atoms with Crippen LogP contribution in [0.2, 0.25) is 0 Å². The van der Waals surface area contributed by atoms with Gasteiger partial charge in [-0.05, 0) is 26.2 Å². The molecule has 0 spiro atoms. The van der Waals surface area contributed by atoms with Crippen molar-refractivity contribution >= 4 is 11.9 Å². The van der Waals surface area contributed by atoms with Gasteiger partial charge in [0.05, 0.1) is 6.61 Å². The second-order valence-corrected chi connectivity index (χ2v) is 5.24. The monoisotopic (exact) mass is 279 g/mol. The molecule has 0 bridgehead atoms. The van der Waals surface area contributed by atoms with E-state index in [1.54, 1.807) is 6.07 Å². The van der Waals surface area contributed by atoms with Gasteiger partial charge in [-0.3, -0.25) is 0 Å². The number of carboxylic acids is 1. The summed E-state index contributed by atoms with van der Waals surface area (Å²) in [5, 5.41) is 12.5. The fourth-order valence-electron chi connectivity index (χ4n) is 2.46. The zero-order chi connectivity index (χ0) is 14.6. The van der Waals surface area contributed by atoms with Crippen LogP contribution in [0.5, 0.6) is 5.88 Å². The van der Waals surface area contributed by atoms with Crippen molar-refractivity contribution in [2.24, 2.45) is 0 Å². The van der Waals surface area contributed by atoms with Crippen molar-refractivity contribution in [3.63, 3.8) is 0 Å². The van der Waals surface area contributed by atoms with Gasteiger partial charge in [0.15, 0.2) is 0 Å². The van der Waals surface area contributed by atoms with Gasteiger partial charge in [-0.15, -0.1) is 0 Å². The van der Waals surface area contributed by atoms with Crippen molar-refractivity contribution in [3.05, 3.63) is 11.8 Å².